The summed E-state index contributed by atoms with van der Waals surface area (Å²) in [5.74, 6) is 0.577. The molecule has 3 aliphatic heterocycles. The Hall–Kier alpha value is -2.13. The van der Waals surface area contributed by atoms with Gasteiger partial charge in [0.25, 0.3) is 5.91 Å². The molecule has 1 atom stereocenters. The molecule has 0 aliphatic carbocycles. The lowest BCUT2D eigenvalue weighted by Crippen LogP contribution is -2.49. The Balaban J connectivity index is 1.61. The lowest BCUT2D eigenvalue weighted by Gasteiger charge is -2.34. The van der Waals surface area contributed by atoms with E-state index in [0.29, 0.717) is 55.4 Å². The fraction of sp³-hybridized carbons (Fsp3) is 0.600. The van der Waals surface area contributed by atoms with Crippen molar-refractivity contribution in [3.63, 3.8) is 0 Å². The Morgan fingerprint density at radius 1 is 1.17 bits per heavy atom. The molecule has 0 unspecified atom stereocenters. The van der Waals surface area contributed by atoms with Gasteiger partial charge in [-0.1, -0.05) is 6.92 Å². The van der Waals surface area contributed by atoms with E-state index < -0.39 is 16.1 Å². The zero-order valence-electron chi connectivity index (χ0n) is 16.8. The fourth-order valence-electron chi connectivity index (χ4n) is 4.33. The van der Waals surface area contributed by atoms with Crippen LogP contribution in [0.2, 0.25) is 0 Å². The van der Waals surface area contributed by atoms with Crippen molar-refractivity contribution in [3.05, 3.63) is 17.7 Å². The van der Waals surface area contributed by atoms with Gasteiger partial charge in [-0.05, 0) is 50.2 Å². The van der Waals surface area contributed by atoms with Gasteiger partial charge in [0, 0.05) is 25.7 Å². The molecular formula is C20H27N3O5S. The monoisotopic (exact) mass is 421 g/mol. The molecule has 3 heterocycles. The molecular weight excluding hydrogens is 394 g/mol. The van der Waals surface area contributed by atoms with E-state index in [0.717, 1.165) is 12.8 Å². The Bertz CT molecular complexity index is 938. The third-order valence-electron chi connectivity index (χ3n) is 6.08. The molecule has 0 radical (unpaired) electrons. The second kappa shape index (κ2) is 7.60. The quantitative estimate of drug-likeness (QED) is 0.802. The van der Waals surface area contributed by atoms with E-state index in [9.17, 15) is 18.0 Å². The average Bonchev–Trinajstić information content (AvgIpc) is 3.18. The highest BCUT2D eigenvalue weighted by Gasteiger charge is 2.42. The van der Waals surface area contributed by atoms with E-state index in [-0.39, 0.29) is 23.3 Å². The van der Waals surface area contributed by atoms with Gasteiger partial charge in [0.05, 0.1) is 10.6 Å². The zero-order chi connectivity index (χ0) is 20.8. The maximum atomic E-state index is 13.5. The highest BCUT2D eigenvalue weighted by atomic mass is 32.2. The summed E-state index contributed by atoms with van der Waals surface area (Å²) >= 11 is 0. The van der Waals surface area contributed by atoms with Crippen LogP contribution in [0.15, 0.2) is 17.0 Å². The molecule has 0 bridgehead atoms. The standard InChI is InChI=1S/C20H27N3O5S/c1-13-5-8-22(9-6-13)20(25)16-4-3-7-23(16)29(26,27)18-11-17-15(10-14(18)2)21-19(24)12-28-17/h10-11,13,16H,3-9,12H2,1-2H3,(H,21,24)/t16-/m1/s1. The van der Waals surface area contributed by atoms with E-state index in [4.69, 9.17) is 4.74 Å². The number of carbonyl (C=O) groups is 2. The maximum absolute atomic E-state index is 13.5. The number of ether oxygens (including phenoxy) is 1. The number of carbonyl (C=O) groups excluding carboxylic acids is 2. The van der Waals surface area contributed by atoms with Crippen molar-refractivity contribution >= 4 is 27.5 Å². The molecule has 8 nitrogen and oxygen atoms in total. The molecule has 4 rings (SSSR count). The van der Waals surface area contributed by atoms with Crippen LogP contribution in [0.1, 0.15) is 38.2 Å². The van der Waals surface area contributed by atoms with Crippen molar-refractivity contribution in [1.29, 1.82) is 0 Å². The van der Waals surface area contributed by atoms with Crippen LogP contribution in [-0.4, -0.2) is 61.7 Å². The van der Waals surface area contributed by atoms with Crippen molar-refractivity contribution in [1.82, 2.24) is 9.21 Å². The predicted molar refractivity (Wildman–Crippen MR) is 107 cm³/mol. The highest BCUT2D eigenvalue weighted by molar-refractivity contribution is 7.89. The van der Waals surface area contributed by atoms with E-state index >= 15 is 0 Å². The Labute approximate surface area is 171 Å². The molecule has 0 spiro atoms. The summed E-state index contributed by atoms with van der Waals surface area (Å²) in [5.41, 5.74) is 0.980. The normalized spacial score (nSPS) is 23.4. The van der Waals surface area contributed by atoms with Gasteiger partial charge < -0.3 is 15.0 Å². The number of hydrogen-bond acceptors (Lipinski definition) is 5. The number of benzene rings is 1. The van der Waals surface area contributed by atoms with E-state index in [1.807, 2.05) is 4.90 Å². The molecule has 0 aromatic heterocycles. The number of sulfonamides is 1. The number of rotatable bonds is 3. The van der Waals surface area contributed by atoms with Crippen LogP contribution in [0.3, 0.4) is 0 Å². The third-order valence-corrected chi connectivity index (χ3v) is 8.13. The van der Waals surface area contributed by atoms with Crippen LogP contribution in [0.25, 0.3) is 0 Å². The van der Waals surface area contributed by atoms with Gasteiger partial charge in [-0.25, -0.2) is 8.42 Å². The van der Waals surface area contributed by atoms with E-state index in [2.05, 4.69) is 12.2 Å². The van der Waals surface area contributed by atoms with E-state index in [1.165, 1.54) is 10.4 Å². The number of fused-ring (bicyclic) bond motifs is 1. The number of likely N-dealkylation sites (tertiary alicyclic amines) is 1. The molecule has 0 saturated carbocycles. The number of aryl methyl sites for hydroxylation is 1. The minimum atomic E-state index is -3.87. The van der Waals surface area contributed by atoms with Gasteiger partial charge in [-0.3, -0.25) is 9.59 Å². The summed E-state index contributed by atoms with van der Waals surface area (Å²) in [6.45, 7) is 5.43. The lowest BCUT2D eigenvalue weighted by atomic mass is 9.98. The molecule has 1 aromatic rings. The van der Waals surface area contributed by atoms with Crippen LogP contribution in [0.5, 0.6) is 5.75 Å². The largest absolute Gasteiger partial charge is 0.482 e. The van der Waals surface area contributed by atoms with Crippen molar-refractivity contribution in [2.45, 2.75) is 50.5 Å². The number of anilines is 1. The van der Waals surface area contributed by atoms with Gasteiger partial charge in [0.1, 0.15) is 11.8 Å². The number of nitrogens with one attached hydrogen (secondary N) is 1. The second-order valence-electron chi connectivity index (χ2n) is 8.23. The number of nitrogens with zero attached hydrogens (tertiary/aromatic N) is 2. The predicted octanol–water partition coefficient (Wildman–Crippen LogP) is 1.74. The molecule has 2 saturated heterocycles. The molecule has 2 fully saturated rings. The van der Waals surface area contributed by atoms with Gasteiger partial charge in [0.2, 0.25) is 15.9 Å². The first-order valence-electron chi connectivity index (χ1n) is 10.2. The molecule has 1 N–H and O–H groups in total. The summed E-state index contributed by atoms with van der Waals surface area (Å²) in [6.07, 6.45) is 3.12. The van der Waals surface area contributed by atoms with E-state index in [1.54, 1.807) is 13.0 Å². The van der Waals surface area contributed by atoms with Crippen molar-refractivity contribution < 1.29 is 22.7 Å². The summed E-state index contributed by atoms with van der Waals surface area (Å²) < 4.78 is 33.7. The Kier molecular flexibility index (Phi) is 5.29. The molecule has 1 aromatic carbocycles. The highest BCUT2D eigenvalue weighted by Crippen LogP contribution is 2.36. The van der Waals surface area contributed by atoms with Gasteiger partial charge in [-0.15, -0.1) is 0 Å². The lowest BCUT2D eigenvalue weighted by molar-refractivity contribution is -0.136. The average molecular weight is 422 g/mol. The van der Waals surface area contributed by atoms with Crippen LogP contribution in [-0.2, 0) is 19.6 Å². The SMILES string of the molecule is Cc1cc2c(cc1S(=O)(=O)N1CCC[C@@H]1C(=O)N1CCC(C)CC1)OCC(=O)N2. The fourth-order valence-corrected chi connectivity index (χ4v) is 6.21. The van der Waals surface area contributed by atoms with Crippen molar-refractivity contribution in [3.8, 4) is 5.75 Å². The maximum Gasteiger partial charge on any atom is 0.262 e. The molecule has 158 valence electrons. The van der Waals surface area contributed by atoms with Gasteiger partial charge in [-0.2, -0.15) is 4.31 Å². The summed E-state index contributed by atoms with van der Waals surface area (Å²) in [5, 5.41) is 2.69. The summed E-state index contributed by atoms with van der Waals surface area (Å²) in [6, 6.07) is 2.42. The van der Waals surface area contributed by atoms with Crippen LogP contribution < -0.4 is 10.1 Å². The smallest absolute Gasteiger partial charge is 0.262 e. The Morgan fingerprint density at radius 3 is 2.62 bits per heavy atom. The number of hydrogen-bond donors (Lipinski definition) is 1. The van der Waals surface area contributed by atoms with Crippen LogP contribution in [0, 0.1) is 12.8 Å². The molecule has 9 heteroatoms. The first-order valence-corrected chi connectivity index (χ1v) is 11.6. The molecule has 3 aliphatic rings. The van der Waals surface area contributed by atoms with Gasteiger partial charge in [0.15, 0.2) is 6.61 Å². The minimum absolute atomic E-state index is 0.0860. The van der Waals surface area contributed by atoms with Crippen molar-refractivity contribution in [2.75, 3.05) is 31.6 Å². The van der Waals surface area contributed by atoms with Crippen LogP contribution >= 0.6 is 0 Å². The number of amides is 2. The first kappa shape index (κ1) is 20.2. The van der Waals surface area contributed by atoms with Crippen LogP contribution in [0.4, 0.5) is 5.69 Å². The second-order valence-corrected chi connectivity index (χ2v) is 10.1. The molecule has 2 amide bonds. The topological polar surface area (TPSA) is 96.0 Å². The first-order chi connectivity index (χ1) is 13.8. The summed E-state index contributed by atoms with van der Waals surface area (Å²) in [4.78, 5) is 26.5. The molecule has 29 heavy (non-hydrogen) atoms. The van der Waals surface area contributed by atoms with Gasteiger partial charge >= 0.3 is 0 Å². The third kappa shape index (κ3) is 3.73. The Morgan fingerprint density at radius 2 is 1.90 bits per heavy atom. The number of piperidine rings is 1. The minimum Gasteiger partial charge on any atom is -0.482 e. The van der Waals surface area contributed by atoms with Crippen molar-refractivity contribution in [2.24, 2.45) is 5.92 Å². The zero-order valence-corrected chi connectivity index (χ0v) is 17.6. The summed E-state index contributed by atoms with van der Waals surface area (Å²) in [7, 11) is -3.87.